The first-order valence-electron chi connectivity index (χ1n) is 9.48. The second-order valence-corrected chi connectivity index (χ2v) is 7.76. The van der Waals surface area contributed by atoms with E-state index < -0.39 is 0 Å². The Morgan fingerprint density at radius 3 is 2.68 bits per heavy atom. The highest BCUT2D eigenvalue weighted by atomic mass is 35.5. The predicted octanol–water partition coefficient (Wildman–Crippen LogP) is 3.13. The van der Waals surface area contributed by atoms with Gasteiger partial charge < -0.3 is 14.5 Å². The largest absolute Gasteiger partial charge is 0.478 e. The maximum atomic E-state index is 9.75. The van der Waals surface area contributed by atoms with E-state index in [1.807, 2.05) is 13.8 Å². The normalized spacial score (nSPS) is 21.4. The van der Waals surface area contributed by atoms with Gasteiger partial charge in [-0.25, -0.2) is 15.0 Å². The number of nitrogens with zero attached hydrogens (tertiary/aromatic N) is 6. The summed E-state index contributed by atoms with van der Waals surface area (Å²) in [5.74, 6) is 2.64. The van der Waals surface area contributed by atoms with Crippen LogP contribution in [0, 0.1) is 31.1 Å². The van der Waals surface area contributed by atoms with E-state index in [1.165, 1.54) is 0 Å². The number of anilines is 2. The number of aromatic nitrogens is 3. The Balaban J connectivity index is 1.68. The first kappa shape index (κ1) is 18.8. The molecule has 28 heavy (non-hydrogen) atoms. The molecule has 2 aliphatic heterocycles. The monoisotopic (exact) mass is 398 g/mol. The van der Waals surface area contributed by atoms with Crippen molar-refractivity contribution >= 4 is 23.2 Å². The molecular formula is C20H23ClN6O. The van der Waals surface area contributed by atoms with Crippen LogP contribution >= 0.6 is 11.6 Å². The summed E-state index contributed by atoms with van der Waals surface area (Å²) in [6.07, 6.45) is 5.49. The van der Waals surface area contributed by atoms with Gasteiger partial charge in [-0.15, -0.1) is 0 Å². The van der Waals surface area contributed by atoms with Crippen molar-refractivity contribution in [1.82, 2.24) is 15.0 Å². The average Bonchev–Trinajstić information content (AvgIpc) is 3.14. The lowest BCUT2D eigenvalue weighted by molar-refractivity contribution is 0.371. The van der Waals surface area contributed by atoms with E-state index in [0.29, 0.717) is 22.4 Å². The van der Waals surface area contributed by atoms with Gasteiger partial charge in [0.1, 0.15) is 11.9 Å². The molecule has 2 unspecified atom stereocenters. The Kier molecular flexibility index (Phi) is 4.98. The zero-order chi connectivity index (χ0) is 19.8. The minimum atomic E-state index is 0.264. The van der Waals surface area contributed by atoms with Crippen LogP contribution in [0.15, 0.2) is 12.4 Å². The number of aryl methyl sites for hydroxylation is 1. The van der Waals surface area contributed by atoms with Crippen LogP contribution in [0.4, 0.5) is 11.6 Å². The number of nitriles is 1. The van der Waals surface area contributed by atoms with Crippen LogP contribution in [0.5, 0.6) is 5.88 Å². The minimum Gasteiger partial charge on any atom is -0.478 e. The van der Waals surface area contributed by atoms with Crippen molar-refractivity contribution in [2.24, 2.45) is 5.92 Å². The Labute approximate surface area is 169 Å². The number of methoxy groups -OCH3 is 1. The third-order valence-electron chi connectivity index (χ3n) is 5.90. The van der Waals surface area contributed by atoms with Gasteiger partial charge in [-0.2, -0.15) is 5.26 Å². The fourth-order valence-corrected chi connectivity index (χ4v) is 4.57. The van der Waals surface area contributed by atoms with E-state index in [4.69, 9.17) is 21.3 Å². The Bertz CT molecular complexity index is 943. The summed E-state index contributed by atoms with van der Waals surface area (Å²) in [7, 11) is 1.62. The molecular weight excluding hydrogens is 376 g/mol. The number of hydrogen-bond acceptors (Lipinski definition) is 7. The molecule has 0 aromatic carbocycles. The van der Waals surface area contributed by atoms with Gasteiger partial charge >= 0.3 is 0 Å². The number of ether oxygens (including phenoxy) is 1. The standard InChI is InChI=1S/C20H23ClN6O/c1-12-15(10-22)18(25-13(2)17(12)21)27-9-5-14-4-8-26(11-16(14)27)19-20(28-3)24-7-6-23-19/h6-7,14,16H,4-5,8-9,11H2,1-3H3. The highest BCUT2D eigenvalue weighted by molar-refractivity contribution is 6.32. The molecule has 0 radical (unpaired) electrons. The summed E-state index contributed by atoms with van der Waals surface area (Å²) in [4.78, 5) is 18.0. The van der Waals surface area contributed by atoms with E-state index in [2.05, 4.69) is 25.8 Å². The number of piperidine rings is 1. The molecule has 4 rings (SSSR count). The fraction of sp³-hybridized carbons (Fsp3) is 0.500. The second kappa shape index (κ2) is 7.44. The van der Waals surface area contributed by atoms with Crippen molar-refractivity contribution in [3.8, 4) is 11.9 Å². The molecule has 0 saturated carbocycles. The van der Waals surface area contributed by atoms with Crippen LogP contribution in [0.1, 0.15) is 29.7 Å². The predicted molar refractivity (Wildman–Crippen MR) is 108 cm³/mol. The van der Waals surface area contributed by atoms with Gasteiger partial charge in [0.05, 0.1) is 29.4 Å². The molecule has 0 N–H and O–H groups in total. The molecule has 7 nitrogen and oxygen atoms in total. The van der Waals surface area contributed by atoms with Crippen molar-refractivity contribution in [3.63, 3.8) is 0 Å². The van der Waals surface area contributed by atoms with E-state index in [-0.39, 0.29) is 6.04 Å². The summed E-state index contributed by atoms with van der Waals surface area (Å²) < 4.78 is 5.40. The highest BCUT2D eigenvalue weighted by Crippen LogP contribution is 2.39. The van der Waals surface area contributed by atoms with E-state index in [1.54, 1.807) is 19.5 Å². The Hall–Kier alpha value is -2.59. The zero-order valence-electron chi connectivity index (χ0n) is 16.3. The van der Waals surface area contributed by atoms with Gasteiger partial charge in [-0.3, -0.25) is 0 Å². The molecule has 0 spiro atoms. The van der Waals surface area contributed by atoms with Crippen molar-refractivity contribution in [3.05, 3.63) is 34.2 Å². The van der Waals surface area contributed by atoms with Gasteiger partial charge in [0.2, 0.25) is 0 Å². The van der Waals surface area contributed by atoms with Crippen molar-refractivity contribution in [2.45, 2.75) is 32.7 Å². The summed E-state index contributed by atoms with van der Waals surface area (Å²) in [5, 5.41) is 10.3. The lowest BCUT2D eigenvalue weighted by Crippen LogP contribution is -2.49. The molecule has 2 fully saturated rings. The number of fused-ring (bicyclic) bond motifs is 1. The molecule has 2 aromatic heterocycles. The van der Waals surface area contributed by atoms with Crippen LogP contribution in [-0.2, 0) is 0 Å². The molecule has 2 atom stereocenters. The molecule has 4 heterocycles. The lowest BCUT2D eigenvalue weighted by Gasteiger charge is -2.39. The van der Waals surface area contributed by atoms with E-state index in [9.17, 15) is 5.26 Å². The lowest BCUT2D eigenvalue weighted by atomic mass is 9.92. The molecule has 2 saturated heterocycles. The molecule has 8 heteroatoms. The Morgan fingerprint density at radius 2 is 1.93 bits per heavy atom. The molecule has 2 aliphatic rings. The molecule has 146 valence electrons. The first-order valence-corrected chi connectivity index (χ1v) is 9.86. The number of rotatable bonds is 3. The third kappa shape index (κ3) is 3.02. The molecule has 0 bridgehead atoms. The van der Waals surface area contributed by atoms with Gasteiger partial charge in [0.15, 0.2) is 5.82 Å². The van der Waals surface area contributed by atoms with Gasteiger partial charge in [-0.05, 0) is 38.2 Å². The van der Waals surface area contributed by atoms with Gasteiger partial charge in [0, 0.05) is 32.0 Å². The van der Waals surface area contributed by atoms with Crippen molar-refractivity contribution in [2.75, 3.05) is 36.5 Å². The summed E-state index contributed by atoms with van der Waals surface area (Å²) in [6.45, 7) is 6.40. The number of hydrogen-bond donors (Lipinski definition) is 0. The maximum absolute atomic E-state index is 9.75. The number of halogens is 1. The second-order valence-electron chi connectivity index (χ2n) is 7.38. The molecule has 0 aliphatic carbocycles. The molecule has 2 aromatic rings. The highest BCUT2D eigenvalue weighted by Gasteiger charge is 2.41. The van der Waals surface area contributed by atoms with Crippen LogP contribution < -0.4 is 14.5 Å². The summed E-state index contributed by atoms with van der Waals surface area (Å²) >= 11 is 6.34. The zero-order valence-corrected chi connectivity index (χ0v) is 17.1. The summed E-state index contributed by atoms with van der Waals surface area (Å²) in [5.41, 5.74) is 2.14. The first-order chi connectivity index (χ1) is 13.5. The third-order valence-corrected chi connectivity index (χ3v) is 6.46. The fourth-order valence-electron chi connectivity index (χ4n) is 4.43. The molecule has 0 amide bonds. The quantitative estimate of drug-likeness (QED) is 0.785. The van der Waals surface area contributed by atoms with Crippen molar-refractivity contribution in [1.29, 1.82) is 5.26 Å². The summed E-state index contributed by atoms with van der Waals surface area (Å²) in [6, 6.07) is 2.58. The van der Waals surface area contributed by atoms with Crippen LogP contribution in [0.2, 0.25) is 5.02 Å². The van der Waals surface area contributed by atoms with Crippen LogP contribution in [-0.4, -0.2) is 47.7 Å². The van der Waals surface area contributed by atoms with Crippen molar-refractivity contribution < 1.29 is 4.74 Å². The van der Waals surface area contributed by atoms with Gasteiger partial charge in [-0.1, -0.05) is 11.6 Å². The van der Waals surface area contributed by atoms with Crippen LogP contribution in [0.25, 0.3) is 0 Å². The Morgan fingerprint density at radius 1 is 1.18 bits per heavy atom. The van der Waals surface area contributed by atoms with Crippen LogP contribution in [0.3, 0.4) is 0 Å². The number of pyridine rings is 1. The van der Waals surface area contributed by atoms with E-state index in [0.717, 1.165) is 55.4 Å². The SMILES string of the molecule is COc1nccnc1N1CCC2CCN(c3nc(C)c(Cl)c(C)c3C#N)C2C1. The smallest absolute Gasteiger partial charge is 0.257 e. The minimum absolute atomic E-state index is 0.264. The van der Waals surface area contributed by atoms with E-state index >= 15 is 0 Å². The average molecular weight is 399 g/mol. The maximum Gasteiger partial charge on any atom is 0.257 e. The topological polar surface area (TPSA) is 78.2 Å². The van der Waals surface area contributed by atoms with Gasteiger partial charge in [0.25, 0.3) is 5.88 Å².